The average Bonchev–Trinajstić information content (AvgIpc) is 2.14. The van der Waals surface area contributed by atoms with Gasteiger partial charge in [-0.1, -0.05) is 49.1 Å². The van der Waals surface area contributed by atoms with Crippen molar-refractivity contribution in [1.29, 1.82) is 0 Å². The first-order chi connectivity index (χ1) is 6.29. The van der Waals surface area contributed by atoms with E-state index in [1.807, 2.05) is 45.1 Å². The van der Waals surface area contributed by atoms with E-state index in [0.29, 0.717) is 0 Å². The van der Waals surface area contributed by atoms with Crippen LogP contribution in [0.4, 0.5) is 0 Å². The van der Waals surface area contributed by atoms with Gasteiger partial charge in [-0.2, -0.15) is 0 Å². The Hall–Kier alpha value is -1.30. The highest BCUT2D eigenvalue weighted by Crippen LogP contribution is 2.11. The first-order valence-electron chi connectivity index (χ1n) is 4.54. The van der Waals surface area contributed by atoms with Crippen LogP contribution in [0.2, 0.25) is 0 Å². The van der Waals surface area contributed by atoms with E-state index in [2.05, 4.69) is 24.8 Å². The molecular formula is C13H18. The van der Waals surface area contributed by atoms with Crippen molar-refractivity contribution in [3.63, 3.8) is 0 Å². The molecule has 0 aromatic heterocycles. The van der Waals surface area contributed by atoms with E-state index in [9.17, 15) is 0 Å². The van der Waals surface area contributed by atoms with Gasteiger partial charge in [0.05, 0.1) is 0 Å². The van der Waals surface area contributed by atoms with E-state index in [-0.39, 0.29) is 0 Å². The largest absolute Gasteiger partial charge is 0.0984 e. The Kier molecular flexibility index (Phi) is 6.62. The van der Waals surface area contributed by atoms with Crippen molar-refractivity contribution in [3.05, 3.63) is 60.3 Å². The van der Waals surface area contributed by atoms with Crippen LogP contribution >= 0.6 is 0 Å². The van der Waals surface area contributed by atoms with Gasteiger partial charge in [0.25, 0.3) is 0 Å². The van der Waals surface area contributed by atoms with Gasteiger partial charge in [-0.05, 0) is 31.9 Å². The molecule has 0 atom stereocenters. The molecule has 0 aliphatic carbocycles. The van der Waals surface area contributed by atoms with Crippen molar-refractivity contribution in [2.24, 2.45) is 0 Å². The van der Waals surface area contributed by atoms with Gasteiger partial charge in [-0.25, -0.2) is 0 Å². The Morgan fingerprint density at radius 1 is 0.769 bits per heavy atom. The Morgan fingerprint density at radius 3 is 1.46 bits per heavy atom. The molecule has 0 rings (SSSR count). The molecule has 0 saturated carbocycles. The summed E-state index contributed by atoms with van der Waals surface area (Å²) in [6.45, 7) is 9.82. The lowest BCUT2D eigenvalue weighted by Crippen LogP contribution is -1.79. The Labute approximate surface area is 81.7 Å². The fourth-order valence-electron chi connectivity index (χ4n) is 1.07. The van der Waals surface area contributed by atoms with Crippen LogP contribution in [-0.2, 0) is 0 Å². The monoisotopic (exact) mass is 174 g/mol. The number of allylic oxidation sites excluding steroid dienone is 9. The van der Waals surface area contributed by atoms with Gasteiger partial charge in [0, 0.05) is 0 Å². The molecule has 0 heterocycles. The average molecular weight is 174 g/mol. The maximum absolute atomic E-state index is 3.79. The van der Waals surface area contributed by atoms with Crippen molar-refractivity contribution in [1.82, 2.24) is 0 Å². The summed E-state index contributed by atoms with van der Waals surface area (Å²) in [4.78, 5) is 0. The third kappa shape index (κ3) is 4.32. The third-order valence-electron chi connectivity index (χ3n) is 1.59. The molecule has 0 N–H and O–H groups in total. The molecule has 0 radical (unpaired) electrons. The summed E-state index contributed by atoms with van der Waals surface area (Å²) in [7, 11) is 0. The summed E-state index contributed by atoms with van der Waals surface area (Å²) < 4.78 is 0. The molecule has 0 amide bonds. The van der Waals surface area contributed by atoms with Gasteiger partial charge in [0.2, 0.25) is 0 Å². The highest BCUT2D eigenvalue weighted by atomic mass is 14.0. The van der Waals surface area contributed by atoms with E-state index < -0.39 is 0 Å². The molecule has 0 nitrogen and oxygen atoms in total. The molecule has 0 fully saturated rings. The van der Waals surface area contributed by atoms with Crippen LogP contribution < -0.4 is 0 Å². The van der Waals surface area contributed by atoms with Crippen LogP contribution in [0.25, 0.3) is 0 Å². The molecule has 0 spiro atoms. The highest BCUT2D eigenvalue weighted by Gasteiger charge is 1.91. The van der Waals surface area contributed by atoms with Crippen molar-refractivity contribution < 1.29 is 0 Å². The minimum Gasteiger partial charge on any atom is -0.0984 e. The summed E-state index contributed by atoms with van der Waals surface area (Å²) in [6, 6.07) is 0. The molecule has 0 bridgehead atoms. The lowest BCUT2D eigenvalue weighted by molar-refractivity contribution is 1.51. The lowest BCUT2D eigenvalue weighted by Gasteiger charge is -1.98. The second-order valence-electron chi connectivity index (χ2n) is 2.61. The SMILES string of the molecule is C=CC(/C=C\C)=C(/C=C\C)/C=C\C. The maximum Gasteiger partial charge on any atom is -0.0191 e. The Bertz CT molecular complexity index is 246. The molecule has 0 aromatic rings. The first kappa shape index (κ1) is 11.7. The van der Waals surface area contributed by atoms with Gasteiger partial charge in [0.1, 0.15) is 0 Å². The summed E-state index contributed by atoms with van der Waals surface area (Å²) in [5, 5.41) is 0. The predicted molar refractivity (Wildman–Crippen MR) is 61.7 cm³/mol. The Morgan fingerprint density at radius 2 is 1.15 bits per heavy atom. The minimum absolute atomic E-state index is 1.15. The zero-order valence-electron chi connectivity index (χ0n) is 8.75. The standard InChI is InChI=1S/C13H18/c1-5-9-12(8-4)13(10-6-2)11-7-3/h5-11H,4H2,1-3H3/b9-5-,10-6-,11-7-. The molecule has 0 aliphatic heterocycles. The zero-order chi connectivity index (χ0) is 10.1. The molecule has 0 unspecified atom stereocenters. The predicted octanol–water partition coefficient (Wildman–Crippen LogP) is 4.20. The molecule has 70 valence electrons. The zero-order valence-corrected chi connectivity index (χ0v) is 8.75. The highest BCUT2D eigenvalue weighted by molar-refractivity contribution is 5.45. The van der Waals surface area contributed by atoms with E-state index in [0.717, 1.165) is 5.57 Å². The van der Waals surface area contributed by atoms with E-state index in [1.54, 1.807) is 0 Å². The smallest absolute Gasteiger partial charge is 0.0191 e. The normalized spacial score (nSPS) is 11.6. The molecule has 13 heavy (non-hydrogen) atoms. The molecule has 0 saturated heterocycles. The second kappa shape index (κ2) is 7.35. The molecular weight excluding hydrogens is 156 g/mol. The van der Waals surface area contributed by atoms with Crippen LogP contribution in [0.15, 0.2) is 60.3 Å². The quantitative estimate of drug-likeness (QED) is 0.560. The van der Waals surface area contributed by atoms with Crippen LogP contribution in [0.5, 0.6) is 0 Å². The molecule has 0 heteroatoms. The number of hydrogen-bond acceptors (Lipinski definition) is 0. The summed E-state index contributed by atoms with van der Waals surface area (Å²) in [5.74, 6) is 0. The van der Waals surface area contributed by atoms with Gasteiger partial charge >= 0.3 is 0 Å². The van der Waals surface area contributed by atoms with Crippen molar-refractivity contribution in [2.75, 3.05) is 0 Å². The van der Waals surface area contributed by atoms with Gasteiger partial charge in [0.15, 0.2) is 0 Å². The van der Waals surface area contributed by atoms with Crippen molar-refractivity contribution >= 4 is 0 Å². The van der Waals surface area contributed by atoms with Crippen LogP contribution in [0, 0.1) is 0 Å². The summed E-state index contributed by atoms with van der Waals surface area (Å²) in [6.07, 6.45) is 14.2. The second-order valence-corrected chi connectivity index (χ2v) is 2.61. The molecule has 0 aromatic carbocycles. The lowest BCUT2D eigenvalue weighted by atomic mass is 10.1. The minimum atomic E-state index is 1.15. The van der Waals surface area contributed by atoms with Gasteiger partial charge < -0.3 is 0 Å². The van der Waals surface area contributed by atoms with Crippen LogP contribution in [0.3, 0.4) is 0 Å². The van der Waals surface area contributed by atoms with Gasteiger partial charge in [-0.15, -0.1) is 0 Å². The van der Waals surface area contributed by atoms with E-state index in [1.165, 1.54) is 5.57 Å². The Balaban J connectivity index is 5.10. The third-order valence-corrected chi connectivity index (χ3v) is 1.59. The number of hydrogen-bond donors (Lipinski definition) is 0. The van der Waals surface area contributed by atoms with Crippen LogP contribution in [-0.4, -0.2) is 0 Å². The van der Waals surface area contributed by atoms with Crippen molar-refractivity contribution in [3.8, 4) is 0 Å². The molecule has 0 aliphatic rings. The van der Waals surface area contributed by atoms with E-state index >= 15 is 0 Å². The van der Waals surface area contributed by atoms with Crippen molar-refractivity contribution in [2.45, 2.75) is 20.8 Å². The van der Waals surface area contributed by atoms with Crippen LogP contribution in [0.1, 0.15) is 20.8 Å². The summed E-state index contributed by atoms with van der Waals surface area (Å²) in [5.41, 5.74) is 2.34. The first-order valence-corrected chi connectivity index (χ1v) is 4.54. The fraction of sp³-hybridized carbons (Fsp3) is 0.231. The van der Waals surface area contributed by atoms with E-state index in [4.69, 9.17) is 0 Å². The maximum atomic E-state index is 3.79. The van der Waals surface area contributed by atoms with Gasteiger partial charge in [-0.3, -0.25) is 0 Å². The fourth-order valence-corrected chi connectivity index (χ4v) is 1.07. The summed E-state index contributed by atoms with van der Waals surface area (Å²) >= 11 is 0. The topological polar surface area (TPSA) is 0 Å². The number of rotatable bonds is 4.